The van der Waals surface area contributed by atoms with E-state index in [9.17, 15) is 36.0 Å². The fraction of sp³-hybridized carbons (Fsp3) is 0.107. The van der Waals surface area contributed by atoms with Crippen molar-refractivity contribution in [1.29, 1.82) is 5.26 Å². The average molecular weight is 619 g/mol. The molecule has 42 heavy (non-hydrogen) atoms. The van der Waals surface area contributed by atoms with Crippen LogP contribution in [0.25, 0.3) is 5.57 Å². The number of carbonyl (C=O) groups excluding carboxylic acids is 1. The highest BCUT2D eigenvalue weighted by Crippen LogP contribution is 2.37. The predicted octanol–water partition coefficient (Wildman–Crippen LogP) is 6.17. The van der Waals surface area contributed by atoms with Crippen LogP contribution in [0.4, 0.5) is 17.6 Å². The highest BCUT2D eigenvalue weighted by Gasteiger charge is 2.36. The highest BCUT2D eigenvalue weighted by molar-refractivity contribution is 8.18. The second kappa shape index (κ2) is 12.5. The Labute approximate surface area is 241 Å². The summed E-state index contributed by atoms with van der Waals surface area (Å²) in [6.45, 7) is 1.34. The van der Waals surface area contributed by atoms with E-state index in [1.807, 2.05) is 6.07 Å². The quantitative estimate of drug-likeness (QED) is 0.0968. The number of benzene rings is 3. The van der Waals surface area contributed by atoms with Crippen molar-refractivity contribution in [2.45, 2.75) is 18.4 Å². The molecule has 0 atom stereocenters. The number of thioether (sulfide) groups is 1. The van der Waals surface area contributed by atoms with E-state index in [0.29, 0.717) is 5.56 Å². The highest BCUT2D eigenvalue weighted by atomic mass is 32.2. The van der Waals surface area contributed by atoms with Gasteiger partial charge in [0.1, 0.15) is 17.7 Å². The summed E-state index contributed by atoms with van der Waals surface area (Å²) in [5.41, 5.74) is 1.63. The van der Waals surface area contributed by atoms with Gasteiger partial charge in [-0.2, -0.15) is 22.5 Å². The smallest absolute Gasteiger partial charge is 0.364 e. The first-order chi connectivity index (χ1) is 20.0. The van der Waals surface area contributed by atoms with Crippen LogP contribution in [0.1, 0.15) is 27.0 Å². The van der Waals surface area contributed by atoms with Gasteiger partial charge in [0.15, 0.2) is 22.3 Å². The molecule has 0 amide bonds. The monoisotopic (exact) mass is 618 g/mol. The fourth-order valence-electron chi connectivity index (χ4n) is 3.65. The molecule has 0 aliphatic carbocycles. The lowest BCUT2D eigenvalue weighted by Crippen LogP contribution is -2.14. The first-order valence-corrected chi connectivity index (χ1v) is 13.9. The predicted molar refractivity (Wildman–Crippen MR) is 145 cm³/mol. The third-order valence-electron chi connectivity index (χ3n) is 5.71. The number of hydrogen-bond acceptors (Lipinski definition) is 9. The number of nitrogens with zero attached hydrogens (tertiary/aromatic N) is 2. The van der Waals surface area contributed by atoms with Crippen LogP contribution < -0.4 is 4.74 Å². The molecule has 14 heteroatoms. The molecule has 0 fully saturated rings. The number of halogens is 4. The van der Waals surface area contributed by atoms with Gasteiger partial charge in [0.25, 0.3) is 0 Å². The average Bonchev–Trinajstić information content (AvgIpc) is 3.45. The Morgan fingerprint density at radius 2 is 1.57 bits per heavy atom. The van der Waals surface area contributed by atoms with Crippen molar-refractivity contribution in [3.05, 3.63) is 111 Å². The molecule has 8 nitrogen and oxygen atoms in total. The molecule has 1 aliphatic heterocycles. The minimum atomic E-state index is -5.52. The number of rotatable bonds is 8. The van der Waals surface area contributed by atoms with Crippen LogP contribution in [0.2, 0.25) is 0 Å². The lowest BCUT2D eigenvalue weighted by Gasteiger charge is -2.12. The largest absolute Gasteiger partial charge is 0.483 e. The molecule has 0 saturated carbocycles. The number of nitriles is 1. The third kappa shape index (κ3) is 6.17. The Balaban J connectivity index is 1.58. The Morgan fingerprint density at radius 3 is 2.17 bits per heavy atom. The molecule has 0 N–H and O–H groups in total. The summed E-state index contributed by atoms with van der Waals surface area (Å²) in [6.07, 6.45) is 2.57. The summed E-state index contributed by atoms with van der Waals surface area (Å²) in [4.78, 5) is 10.3. The molecule has 0 spiro atoms. The zero-order valence-corrected chi connectivity index (χ0v) is 23.3. The van der Waals surface area contributed by atoms with Gasteiger partial charge in [0, 0.05) is 10.5 Å². The van der Waals surface area contributed by atoms with Crippen LogP contribution in [0.15, 0.2) is 75.6 Å². The van der Waals surface area contributed by atoms with Crippen molar-refractivity contribution >= 4 is 38.5 Å². The SMILES string of the molecule is COC(=O)c1ccccc1C(C#N)=C1C=CC(=NOS(=O)(=O)c2c(F)c(F)c(OCc3ccc(C)cc3)c(F)c2F)S1. The molecule has 4 rings (SSSR count). The van der Waals surface area contributed by atoms with E-state index in [0.717, 1.165) is 17.3 Å². The van der Waals surface area contributed by atoms with Crippen molar-refractivity contribution in [3.8, 4) is 11.8 Å². The van der Waals surface area contributed by atoms with Gasteiger partial charge < -0.3 is 9.47 Å². The van der Waals surface area contributed by atoms with E-state index in [4.69, 9.17) is 9.47 Å². The van der Waals surface area contributed by atoms with Crippen LogP contribution in [-0.2, 0) is 25.7 Å². The number of aryl methyl sites for hydroxylation is 1. The molecule has 0 aromatic heterocycles. The molecule has 1 heterocycles. The summed E-state index contributed by atoms with van der Waals surface area (Å²) >= 11 is 0.723. The third-order valence-corrected chi connectivity index (χ3v) is 7.82. The minimum Gasteiger partial charge on any atom is -0.483 e. The summed E-state index contributed by atoms with van der Waals surface area (Å²) in [7, 11) is -4.35. The molecule has 3 aromatic carbocycles. The van der Waals surface area contributed by atoms with Crippen molar-refractivity contribution in [1.82, 2.24) is 0 Å². The lowest BCUT2D eigenvalue weighted by atomic mass is 10.00. The van der Waals surface area contributed by atoms with Gasteiger partial charge >= 0.3 is 16.1 Å². The van der Waals surface area contributed by atoms with Gasteiger partial charge in [0.05, 0.1) is 18.2 Å². The first kappa shape index (κ1) is 30.4. The van der Waals surface area contributed by atoms with Crippen molar-refractivity contribution < 1.29 is 44.5 Å². The Kier molecular flexibility index (Phi) is 9.03. The van der Waals surface area contributed by atoms with Gasteiger partial charge in [-0.3, -0.25) is 4.28 Å². The zero-order valence-electron chi connectivity index (χ0n) is 21.7. The van der Waals surface area contributed by atoms with Gasteiger partial charge in [-0.05, 0) is 30.7 Å². The Bertz CT molecular complexity index is 1790. The van der Waals surface area contributed by atoms with Gasteiger partial charge in [0.2, 0.25) is 11.6 Å². The van der Waals surface area contributed by atoms with Crippen LogP contribution in [0, 0.1) is 41.5 Å². The summed E-state index contributed by atoms with van der Waals surface area (Å²) in [5, 5.41) is 12.8. The number of hydrogen-bond donors (Lipinski definition) is 0. The van der Waals surface area contributed by atoms with E-state index in [2.05, 4.69) is 9.44 Å². The van der Waals surface area contributed by atoms with Gasteiger partial charge in [-0.1, -0.05) is 64.9 Å². The fourth-order valence-corrected chi connectivity index (χ4v) is 5.40. The summed E-state index contributed by atoms with van der Waals surface area (Å²) in [5.74, 6) is -10.9. The molecular formula is C28H18F4N2O6S2. The van der Waals surface area contributed by atoms with E-state index in [1.165, 1.54) is 31.4 Å². The van der Waals surface area contributed by atoms with Crippen LogP contribution in [0.3, 0.4) is 0 Å². The van der Waals surface area contributed by atoms with E-state index >= 15 is 0 Å². The van der Waals surface area contributed by atoms with Crippen molar-refractivity contribution in [3.63, 3.8) is 0 Å². The number of oxime groups is 1. The number of allylic oxidation sites excluding steroid dienone is 2. The Hall–Kier alpha value is -4.61. The molecule has 0 radical (unpaired) electrons. The van der Waals surface area contributed by atoms with Crippen LogP contribution in [0.5, 0.6) is 5.75 Å². The van der Waals surface area contributed by atoms with Crippen LogP contribution >= 0.6 is 11.8 Å². The number of methoxy groups -OCH3 is 1. The number of carbonyl (C=O) groups is 1. The standard InChI is InChI=1S/C28H18F4N2O6S2/c1-15-7-9-16(10-8-15)14-39-26-22(29)24(31)27(25(32)23(26)30)42(36,37)40-34-21-12-11-20(41-21)19(13-33)17-5-3-4-6-18(17)28(35)38-2/h3-12H,14H2,1-2H3. The maximum atomic E-state index is 14.7. The normalized spacial score (nSPS) is 14.9. The topological polar surface area (TPSA) is 115 Å². The summed E-state index contributed by atoms with van der Waals surface area (Å²) in [6, 6.07) is 14.5. The Morgan fingerprint density at radius 1 is 0.952 bits per heavy atom. The molecule has 3 aromatic rings. The van der Waals surface area contributed by atoms with E-state index in [1.54, 1.807) is 43.3 Å². The van der Waals surface area contributed by atoms with E-state index in [-0.39, 0.29) is 26.6 Å². The molecular weight excluding hydrogens is 600 g/mol. The van der Waals surface area contributed by atoms with Crippen molar-refractivity contribution in [2.75, 3.05) is 7.11 Å². The molecule has 0 unspecified atom stereocenters. The van der Waals surface area contributed by atoms with Gasteiger partial charge in [-0.25, -0.2) is 13.6 Å². The van der Waals surface area contributed by atoms with E-state index < -0.39 is 56.6 Å². The lowest BCUT2D eigenvalue weighted by molar-refractivity contribution is 0.0600. The molecule has 1 aliphatic rings. The minimum absolute atomic E-state index is 0.00719. The summed E-state index contributed by atoms with van der Waals surface area (Å²) < 4.78 is 97.9. The van der Waals surface area contributed by atoms with Crippen molar-refractivity contribution in [2.24, 2.45) is 5.16 Å². The molecule has 0 saturated heterocycles. The maximum Gasteiger partial charge on any atom is 0.364 e. The molecule has 216 valence electrons. The van der Waals surface area contributed by atoms with Crippen LogP contribution in [-0.4, -0.2) is 26.5 Å². The first-order valence-electron chi connectivity index (χ1n) is 11.7. The number of esters is 1. The number of ether oxygens (including phenoxy) is 2. The van der Waals surface area contributed by atoms with Gasteiger partial charge in [-0.15, -0.1) is 0 Å². The molecule has 0 bridgehead atoms. The zero-order chi connectivity index (χ0) is 30.6. The second-order valence-electron chi connectivity index (χ2n) is 8.47. The maximum absolute atomic E-state index is 14.7. The second-order valence-corrected chi connectivity index (χ2v) is 11.0.